The minimum absolute atomic E-state index is 1.27. The van der Waals surface area contributed by atoms with Crippen molar-refractivity contribution in [1.29, 1.82) is 0 Å². The summed E-state index contributed by atoms with van der Waals surface area (Å²) in [6.07, 6.45) is 0. The number of benzene rings is 1. The first-order valence-corrected chi connectivity index (χ1v) is 5.21. The normalized spacial score (nSPS) is 10.3. The van der Waals surface area contributed by atoms with E-state index in [9.17, 15) is 0 Å². The number of aryl methyl sites for hydroxylation is 2. The summed E-state index contributed by atoms with van der Waals surface area (Å²) in [5, 5.41) is 0. The molecule has 0 saturated carbocycles. The van der Waals surface area contributed by atoms with Gasteiger partial charge in [-0.3, -0.25) is 0 Å². The smallest absolute Gasteiger partial charge is 0.199 e. The summed E-state index contributed by atoms with van der Waals surface area (Å²) >= 11 is 0. The zero-order valence-corrected chi connectivity index (χ0v) is 9.49. The number of hydrogen-bond acceptors (Lipinski definition) is 0. The molecule has 0 atom stereocenters. The molecule has 2 aromatic rings. The maximum atomic E-state index is 2.22. The van der Waals surface area contributed by atoms with E-state index in [2.05, 4.69) is 61.9 Å². The van der Waals surface area contributed by atoms with Crippen molar-refractivity contribution in [3.63, 3.8) is 0 Å². The summed E-state index contributed by atoms with van der Waals surface area (Å²) in [6, 6.07) is 14.9. The second-order valence-electron chi connectivity index (χ2n) is 3.98. The molecule has 0 unspecified atom stereocenters. The Bertz CT molecular complexity index is 472. The van der Waals surface area contributed by atoms with Gasteiger partial charge in [0, 0.05) is 24.6 Å². The number of hydrogen-bond donors (Lipinski definition) is 0. The van der Waals surface area contributed by atoms with Crippen molar-refractivity contribution in [2.75, 3.05) is 0 Å². The van der Waals surface area contributed by atoms with Crippen LogP contribution in [0.2, 0.25) is 0 Å². The molecule has 0 aliphatic carbocycles. The highest BCUT2D eigenvalue weighted by molar-refractivity contribution is 5.56. The fraction of sp³-hybridized carbons (Fsp3) is 0.214. The maximum absolute atomic E-state index is 2.22. The average Bonchev–Trinajstić information content (AvgIpc) is 2.24. The van der Waals surface area contributed by atoms with Crippen LogP contribution >= 0.6 is 0 Å². The summed E-state index contributed by atoms with van der Waals surface area (Å²) in [7, 11) is 2.11. The monoisotopic (exact) mass is 198 g/mol. The van der Waals surface area contributed by atoms with Crippen LogP contribution in [0.4, 0.5) is 0 Å². The summed E-state index contributed by atoms with van der Waals surface area (Å²) in [6.45, 7) is 4.28. The van der Waals surface area contributed by atoms with Crippen molar-refractivity contribution in [3.05, 3.63) is 53.7 Å². The molecule has 1 heteroatoms. The predicted octanol–water partition coefficient (Wildman–Crippen LogP) is 2.79. The van der Waals surface area contributed by atoms with E-state index in [0.717, 1.165) is 0 Å². The summed E-state index contributed by atoms with van der Waals surface area (Å²) in [4.78, 5) is 0. The Morgan fingerprint density at radius 3 is 2.27 bits per heavy atom. The van der Waals surface area contributed by atoms with Gasteiger partial charge in [0.2, 0.25) is 5.69 Å². The molecule has 0 amide bonds. The van der Waals surface area contributed by atoms with Crippen LogP contribution in [-0.4, -0.2) is 0 Å². The molecule has 1 nitrogen and oxygen atoms in total. The Kier molecular flexibility index (Phi) is 2.55. The van der Waals surface area contributed by atoms with Crippen molar-refractivity contribution < 1.29 is 4.57 Å². The standard InChI is InChI=1S/C14H16N/c1-11-9-12(2)15(3)14(10-11)13-7-5-4-6-8-13/h4-10H,1-3H3/q+1. The number of pyridine rings is 1. The second-order valence-corrected chi connectivity index (χ2v) is 3.98. The number of nitrogens with zero attached hydrogens (tertiary/aromatic N) is 1. The zero-order valence-electron chi connectivity index (χ0n) is 9.49. The van der Waals surface area contributed by atoms with Crippen molar-refractivity contribution in [1.82, 2.24) is 0 Å². The van der Waals surface area contributed by atoms with Gasteiger partial charge in [-0.2, -0.15) is 4.57 Å². The molecule has 1 aromatic heterocycles. The average molecular weight is 198 g/mol. The van der Waals surface area contributed by atoms with Crippen LogP contribution in [0.3, 0.4) is 0 Å². The molecular weight excluding hydrogens is 182 g/mol. The summed E-state index contributed by atoms with van der Waals surface area (Å²) < 4.78 is 2.22. The lowest BCUT2D eigenvalue weighted by Gasteiger charge is -2.04. The number of aromatic nitrogens is 1. The highest BCUT2D eigenvalue weighted by Gasteiger charge is 2.11. The molecule has 0 bridgehead atoms. The van der Waals surface area contributed by atoms with Crippen LogP contribution in [0.25, 0.3) is 11.3 Å². The molecule has 0 saturated heterocycles. The third-order valence-electron chi connectivity index (χ3n) is 2.76. The quantitative estimate of drug-likeness (QED) is 0.620. The summed E-state index contributed by atoms with van der Waals surface area (Å²) in [5.41, 5.74) is 5.14. The van der Waals surface area contributed by atoms with Crippen molar-refractivity contribution >= 4 is 0 Å². The molecule has 76 valence electrons. The first-order chi connectivity index (χ1) is 7.18. The van der Waals surface area contributed by atoms with Crippen molar-refractivity contribution in [2.45, 2.75) is 13.8 Å². The fourth-order valence-corrected chi connectivity index (χ4v) is 1.86. The van der Waals surface area contributed by atoms with E-state index in [4.69, 9.17) is 0 Å². The lowest BCUT2D eigenvalue weighted by Crippen LogP contribution is -2.34. The zero-order chi connectivity index (χ0) is 10.8. The highest BCUT2D eigenvalue weighted by atomic mass is 14.9. The predicted molar refractivity (Wildman–Crippen MR) is 62.5 cm³/mol. The second kappa shape index (κ2) is 3.85. The van der Waals surface area contributed by atoms with Gasteiger partial charge in [0.1, 0.15) is 7.05 Å². The molecule has 0 aliphatic heterocycles. The highest BCUT2D eigenvalue weighted by Crippen LogP contribution is 2.16. The van der Waals surface area contributed by atoms with Gasteiger partial charge in [-0.15, -0.1) is 0 Å². The van der Waals surface area contributed by atoms with Crippen molar-refractivity contribution in [2.24, 2.45) is 7.05 Å². The van der Waals surface area contributed by atoms with Gasteiger partial charge in [0.05, 0.1) is 0 Å². The van der Waals surface area contributed by atoms with Crippen LogP contribution < -0.4 is 4.57 Å². The molecule has 15 heavy (non-hydrogen) atoms. The molecule has 0 spiro atoms. The number of rotatable bonds is 1. The lowest BCUT2D eigenvalue weighted by atomic mass is 10.1. The Morgan fingerprint density at radius 1 is 0.933 bits per heavy atom. The minimum atomic E-state index is 1.27. The van der Waals surface area contributed by atoms with E-state index < -0.39 is 0 Å². The van der Waals surface area contributed by atoms with Gasteiger partial charge in [-0.05, 0) is 24.6 Å². The van der Waals surface area contributed by atoms with Gasteiger partial charge in [0.25, 0.3) is 0 Å². The van der Waals surface area contributed by atoms with Crippen molar-refractivity contribution in [3.8, 4) is 11.3 Å². The third-order valence-corrected chi connectivity index (χ3v) is 2.76. The first-order valence-electron chi connectivity index (χ1n) is 5.21. The third kappa shape index (κ3) is 1.91. The van der Waals surface area contributed by atoms with Crippen LogP contribution in [0.1, 0.15) is 11.3 Å². The minimum Gasteiger partial charge on any atom is -0.199 e. The maximum Gasteiger partial charge on any atom is 0.212 e. The van der Waals surface area contributed by atoms with Gasteiger partial charge < -0.3 is 0 Å². The van der Waals surface area contributed by atoms with Crippen LogP contribution in [0, 0.1) is 13.8 Å². The van der Waals surface area contributed by atoms with Gasteiger partial charge >= 0.3 is 0 Å². The largest absolute Gasteiger partial charge is 0.212 e. The SMILES string of the molecule is Cc1cc(C)[n+](C)c(-c2ccccc2)c1. The van der Waals surface area contributed by atoms with E-state index in [0.29, 0.717) is 0 Å². The van der Waals surface area contributed by atoms with Crippen LogP contribution in [-0.2, 0) is 7.05 Å². The van der Waals surface area contributed by atoms with Gasteiger partial charge in [-0.25, -0.2) is 0 Å². The van der Waals surface area contributed by atoms with E-state index in [1.165, 1.54) is 22.5 Å². The van der Waals surface area contributed by atoms with E-state index in [-0.39, 0.29) is 0 Å². The molecule has 1 heterocycles. The fourth-order valence-electron chi connectivity index (χ4n) is 1.86. The van der Waals surface area contributed by atoms with Gasteiger partial charge in [0.15, 0.2) is 5.69 Å². The molecule has 0 aliphatic rings. The van der Waals surface area contributed by atoms with E-state index >= 15 is 0 Å². The van der Waals surface area contributed by atoms with Gasteiger partial charge in [-0.1, -0.05) is 18.2 Å². The first kappa shape index (κ1) is 9.91. The molecule has 1 aromatic carbocycles. The molecule has 0 fully saturated rings. The topological polar surface area (TPSA) is 3.88 Å². The Balaban J connectivity index is 2.63. The molecule has 2 rings (SSSR count). The van der Waals surface area contributed by atoms with E-state index in [1.54, 1.807) is 0 Å². The molecule has 0 N–H and O–H groups in total. The van der Waals surface area contributed by atoms with Crippen LogP contribution in [0.15, 0.2) is 42.5 Å². The van der Waals surface area contributed by atoms with Crippen LogP contribution in [0.5, 0.6) is 0 Å². The summed E-state index contributed by atoms with van der Waals surface area (Å²) in [5.74, 6) is 0. The molecule has 0 radical (unpaired) electrons. The Hall–Kier alpha value is -1.63. The Labute approximate surface area is 91.0 Å². The van der Waals surface area contributed by atoms with E-state index in [1.807, 2.05) is 6.07 Å². The molecular formula is C14H16N+. The Morgan fingerprint density at radius 2 is 1.60 bits per heavy atom. The lowest BCUT2D eigenvalue weighted by molar-refractivity contribution is -0.666.